The zero-order chi connectivity index (χ0) is 22.4. The lowest BCUT2D eigenvalue weighted by molar-refractivity contribution is -0.119. The lowest BCUT2D eigenvalue weighted by atomic mass is 10.2. The zero-order valence-corrected chi connectivity index (χ0v) is 17.8. The van der Waals surface area contributed by atoms with Crippen LogP contribution in [-0.4, -0.2) is 41.7 Å². The number of aromatic nitrogens is 2. The van der Waals surface area contributed by atoms with Crippen molar-refractivity contribution in [3.05, 3.63) is 51.4 Å². The van der Waals surface area contributed by atoms with Crippen LogP contribution in [-0.2, 0) is 9.53 Å². The number of carbonyl (C=O) groups excluding carboxylic acids is 2. The first-order valence-corrected chi connectivity index (χ1v) is 10.1. The molecule has 1 aromatic heterocycles. The fourth-order valence-corrected chi connectivity index (χ4v) is 3.08. The van der Waals surface area contributed by atoms with Gasteiger partial charge in [-0.1, -0.05) is 18.5 Å². The number of hydrogen-bond donors (Lipinski definition) is 3. The molecule has 0 saturated carbocycles. The smallest absolute Gasteiger partial charge is 0.338 e. The summed E-state index contributed by atoms with van der Waals surface area (Å²) in [7, 11) is 0. The monoisotopic (exact) mass is 447 g/mol. The van der Waals surface area contributed by atoms with Crippen molar-refractivity contribution < 1.29 is 23.8 Å². The topological polar surface area (TPSA) is 123 Å². The van der Waals surface area contributed by atoms with Crippen LogP contribution in [0.15, 0.2) is 35.1 Å². The molecule has 0 radical (unpaired) electrons. The van der Waals surface area contributed by atoms with Gasteiger partial charge in [0.2, 0.25) is 0 Å². The molecule has 31 heavy (non-hydrogen) atoms. The van der Waals surface area contributed by atoms with E-state index >= 15 is 0 Å². The third kappa shape index (κ3) is 5.58. The van der Waals surface area contributed by atoms with Gasteiger partial charge in [-0.05, 0) is 43.7 Å². The molecule has 0 aliphatic carbocycles. The van der Waals surface area contributed by atoms with Crippen molar-refractivity contribution in [2.24, 2.45) is 0 Å². The van der Waals surface area contributed by atoms with Crippen molar-refractivity contribution >= 4 is 40.2 Å². The summed E-state index contributed by atoms with van der Waals surface area (Å²) < 4.78 is 16.2. The van der Waals surface area contributed by atoms with Crippen LogP contribution in [0.3, 0.4) is 0 Å². The molecule has 0 unspecified atom stereocenters. The highest BCUT2D eigenvalue weighted by Gasteiger charge is 2.18. The number of carbonyl (C=O) groups is 2. The van der Waals surface area contributed by atoms with E-state index in [9.17, 15) is 14.4 Å². The summed E-state index contributed by atoms with van der Waals surface area (Å²) >= 11 is 6.25. The number of imidazole rings is 1. The van der Waals surface area contributed by atoms with E-state index in [-0.39, 0.29) is 16.3 Å². The van der Waals surface area contributed by atoms with Crippen molar-refractivity contribution in [2.45, 2.75) is 20.3 Å². The van der Waals surface area contributed by atoms with Crippen LogP contribution in [0, 0.1) is 0 Å². The molecule has 0 bridgehead atoms. The number of fused-ring (bicyclic) bond motifs is 1. The molecule has 0 fully saturated rings. The molecule has 0 saturated heterocycles. The van der Waals surface area contributed by atoms with Gasteiger partial charge in [0, 0.05) is 5.69 Å². The minimum Gasteiger partial charge on any atom is -0.490 e. The number of hydrogen-bond acceptors (Lipinski definition) is 6. The van der Waals surface area contributed by atoms with Gasteiger partial charge in [0.1, 0.15) is 0 Å². The Morgan fingerprint density at radius 1 is 1.06 bits per heavy atom. The van der Waals surface area contributed by atoms with Crippen molar-refractivity contribution in [1.29, 1.82) is 0 Å². The quantitative estimate of drug-likeness (QED) is 0.431. The summed E-state index contributed by atoms with van der Waals surface area (Å²) in [6.45, 7) is 4.06. The highest BCUT2D eigenvalue weighted by atomic mass is 35.5. The number of H-pyrrole nitrogens is 2. The van der Waals surface area contributed by atoms with Gasteiger partial charge in [-0.15, -0.1) is 0 Å². The number of ether oxygens (including phenoxy) is 3. The summed E-state index contributed by atoms with van der Waals surface area (Å²) in [4.78, 5) is 41.1. The Labute approximate surface area is 182 Å². The normalized spacial score (nSPS) is 10.7. The lowest BCUT2D eigenvalue weighted by Gasteiger charge is -2.14. The van der Waals surface area contributed by atoms with Crippen LogP contribution in [0.4, 0.5) is 5.69 Å². The average Bonchev–Trinajstić information content (AvgIpc) is 3.10. The number of rotatable bonds is 9. The third-order valence-electron chi connectivity index (χ3n) is 4.13. The first kappa shape index (κ1) is 22.2. The Morgan fingerprint density at radius 3 is 2.58 bits per heavy atom. The molecule has 1 amide bonds. The van der Waals surface area contributed by atoms with Gasteiger partial charge in [-0.2, -0.15) is 0 Å². The molecular weight excluding hydrogens is 426 g/mol. The molecule has 9 nitrogen and oxygen atoms in total. The number of esters is 1. The largest absolute Gasteiger partial charge is 0.490 e. The lowest BCUT2D eigenvalue weighted by Crippen LogP contribution is -2.21. The first-order valence-electron chi connectivity index (χ1n) is 9.69. The summed E-state index contributed by atoms with van der Waals surface area (Å²) in [5.41, 5.74) is 1.40. The molecule has 10 heteroatoms. The first-order chi connectivity index (χ1) is 14.9. The minimum absolute atomic E-state index is 0.136. The van der Waals surface area contributed by atoms with E-state index in [1.165, 1.54) is 12.1 Å². The van der Waals surface area contributed by atoms with Gasteiger partial charge in [0.05, 0.1) is 34.8 Å². The van der Waals surface area contributed by atoms with Crippen LogP contribution in [0.1, 0.15) is 30.6 Å². The molecule has 1 heterocycles. The molecule has 3 rings (SSSR count). The van der Waals surface area contributed by atoms with Crippen molar-refractivity contribution in [2.75, 3.05) is 25.1 Å². The predicted octanol–water partition coefficient (Wildman–Crippen LogP) is 3.49. The van der Waals surface area contributed by atoms with E-state index in [0.717, 1.165) is 6.42 Å². The predicted molar refractivity (Wildman–Crippen MR) is 116 cm³/mol. The van der Waals surface area contributed by atoms with Gasteiger partial charge < -0.3 is 29.5 Å². The summed E-state index contributed by atoms with van der Waals surface area (Å²) in [5, 5.41) is 2.82. The van der Waals surface area contributed by atoms with E-state index in [1.54, 1.807) is 25.1 Å². The Balaban J connectivity index is 1.64. The van der Waals surface area contributed by atoms with Gasteiger partial charge in [-0.3, -0.25) is 4.79 Å². The SMILES string of the molecule is CCCOc1c(Cl)cc(C(=O)OCC(=O)Nc2ccc3[nH]c(=O)[nH]c3c2)cc1OCC. The van der Waals surface area contributed by atoms with E-state index in [2.05, 4.69) is 15.3 Å². The maximum atomic E-state index is 12.4. The van der Waals surface area contributed by atoms with Crippen LogP contribution in [0.2, 0.25) is 5.02 Å². The second-order valence-electron chi connectivity index (χ2n) is 6.53. The maximum absolute atomic E-state index is 12.4. The highest BCUT2D eigenvalue weighted by molar-refractivity contribution is 6.32. The highest BCUT2D eigenvalue weighted by Crippen LogP contribution is 2.37. The molecule has 3 aromatic rings. The molecule has 2 aromatic carbocycles. The average molecular weight is 448 g/mol. The van der Waals surface area contributed by atoms with Gasteiger partial charge >= 0.3 is 11.7 Å². The zero-order valence-electron chi connectivity index (χ0n) is 17.0. The van der Waals surface area contributed by atoms with Crippen LogP contribution < -0.4 is 20.5 Å². The Morgan fingerprint density at radius 2 is 1.84 bits per heavy atom. The molecule has 0 aliphatic heterocycles. The van der Waals surface area contributed by atoms with Crippen LogP contribution in [0.25, 0.3) is 11.0 Å². The van der Waals surface area contributed by atoms with Crippen molar-refractivity contribution in [3.8, 4) is 11.5 Å². The number of aromatic amines is 2. The number of nitrogens with one attached hydrogen (secondary N) is 3. The Hall–Kier alpha value is -3.46. The summed E-state index contributed by atoms with van der Waals surface area (Å²) in [6.07, 6.45) is 0.786. The molecule has 164 valence electrons. The summed E-state index contributed by atoms with van der Waals surface area (Å²) in [5.74, 6) is -0.582. The minimum atomic E-state index is -0.731. The third-order valence-corrected chi connectivity index (χ3v) is 4.41. The van der Waals surface area contributed by atoms with Gasteiger partial charge in [-0.25, -0.2) is 9.59 Å². The molecule has 3 N–H and O–H groups in total. The Kier molecular flexibility index (Phi) is 7.19. The fourth-order valence-electron chi connectivity index (χ4n) is 2.81. The molecular formula is C21H22ClN3O6. The van der Waals surface area contributed by atoms with E-state index in [4.69, 9.17) is 25.8 Å². The van der Waals surface area contributed by atoms with E-state index in [1.807, 2.05) is 6.92 Å². The van der Waals surface area contributed by atoms with Crippen molar-refractivity contribution in [1.82, 2.24) is 9.97 Å². The van der Waals surface area contributed by atoms with E-state index < -0.39 is 18.5 Å². The second kappa shape index (κ2) is 10.0. The summed E-state index contributed by atoms with van der Waals surface area (Å²) in [6, 6.07) is 7.74. The van der Waals surface area contributed by atoms with Gasteiger partial charge in [0.15, 0.2) is 18.1 Å². The number of amides is 1. The van der Waals surface area contributed by atoms with Crippen LogP contribution >= 0.6 is 11.6 Å². The fraction of sp³-hybridized carbons (Fsp3) is 0.286. The van der Waals surface area contributed by atoms with E-state index in [0.29, 0.717) is 41.4 Å². The van der Waals surface area contributed by atoms with Crippen LogP contribution in [0.5, 0.6) is 11.5 Å². The maximum Gasteiger partial charge on any atom is 0.338 e. The second-order valence-corrected chi connectivity index (χ2v) is 6.94. The van der Waals surface area contributed by atoms with Gasteiger partial charge in [0.25, 0.3) is 5.91 Å². The molecule has 0 spiro atoms. The standard InChI is InChI=1S/C21H22ClN3O6/c1-3-7-30-19-14(22)8-12(9-17(19)29-4-2)20(27)31-11-18(26)23-13-5-6-15-16(10-13)25-21(28)24-15/h5-6,8-10H,3-4,7,11H2,1-2H3,(H,23,26)(H2,24,25,28). The Bertz CT molecular complexity index is 1150. The number of benzene rings is 2. The number of halogens is 1. The molecule has 0 aliphatic rings. The van der Waals surface area contributed by atoms with Crippen molar-refractivity contribution in [3.63, 3.8) is 0 Å². The molecule has 0 atom stereocenters. The number of anilines is 1.